The van der Waals surface area contributed by atoms with Crippen molar-refractivity contribution in [3.63, 3.8) is 0 Å². The van der Waals surface area contributed by atoms with E-state index in [4.69, 9.17) is 0 Å². The Morgan fingerprint density at radius 3 is 2.54 bits per heavy atom. The molecule has 0 unspecified atom stereocenters. The number of benzene rings is 1. The maximum absolute atomic E-state index is 14.8. The fourth-order valence-electron chi connectivity index (χ4n) is 4.69. The minimum absolute atomic E-state index is 0.0427. The number of carbonyl (C=O) groups is 1. The largest absolute Gasteiger partial charge is 0.453 e. The van der Waals surface area contributed by atoms with E-state index in [-0.39, 0.29) is 24.5 Å². The molecule has 11 heteroatoms. The minimum Gasteiger partial charge on any atom is -0.369 e. The zero-order chi connectivity index (χ0) is 25.3. The number of rotatable bonds is 6. The zero-order valence-corrected chi connectivity index (χ0v) is 19.9. The lowest BCUT2D eigenvalue weighted by atomic mass is 9.94. The van der Waals surface area contributed by atoms with Gasteiger partial charge in [-0.2, -0.15) is 18.2 Å². The first-order valence-electron chi connectivity index (χ1n) is 11.7. The molecular weight excluding hydrogens is 464 g/mol. The number of nitrogens with zero attached hydrogens (tertiary/aromatic N) is 5. The molecule has 2 aromatic heterocycles. The Balaban J connectivity index is 1.42. The predicted octanol–water partition coefficient (Wildman–Crippen LogP) is 5.24. The first-order chi connectivity index (χ1) is 16.5. The van der Waals surface area contributed by atoms with Gasteiger partial charge >= 0.3 is 6.18 Å². The summed E-state index contributed by atoms with van der Waals surface area (Å²) in [6.45, 7) is 3.26. The summed E-state index contributed by atoms with van der Waals surface area (Å²) in [6, 6.07) is 4.97. The number of amides is 1. The lowest BCUT2D eigenvalue weighted by molar-refractivity contribution is -0.144. The van der Waals surface area contributed by atoms with Crippen LogP contribution in [0.25, 0.3) is 5.78 Å². The summed E-state index contributed by atoms with van der Waals surface area (Å²) in [7, 11) is 1.90. The molecule has 0 aliphatic heterocycles. The highest BCUT2D eigenvalue weighted by Crippen LogP contribution is 2.30. The maximum atomic E-state index is 14.8. The highest BCUT2D eigenvalue weighted by molar-refractivity contribution is 5.91. The van der Waals surface area contributed by atoms with Gasteiger partial charge < -0.3 is 10.2 Å². The smallest absolute Gasteiger partial charge is 0.369 e. The third-order valence-corrected chi connectivity index (χ3v) is 6.64. The van der Waals surface area contributed by atoms with Crippen LogP contribution in [0.3, 0.4) is 0 Å². The van der Waals surface area contributed by atoms with Crippen LogP contribution < -0.4 is 10.2 Å². The van der Waals surface area contributed by atoms with Crippen molar-refractivity contribution in [2.24, 2.45) is 0 Å². The highest BCUT2D eigenvalue weighted by atomic mass is 19.4. The number of halogens is 4. The quantitative estimate of drug-likeness (QED) is 0.477. The van der Waals surface area contributed by atoms with Crippen molar-refractivity contribution in [2.75, 3.05) is 17.3 Å². The number of hydrogen-bond donors (Lipinski definition) is 1. The number of hydrogen-bond acceptors (Lipinski definition) is 5. The maximum Gasteiger partial charge on any atom is 0.453 e. The second kappa shape index (κ2) is 9.79. The van der Waals surface area contributed by atoms with Crippen molar-refractivity contribution < 1.29 is 22.4 Å². The van der Waals surface area contributed by atoms with Gasteiger partial charge in [0.2, 0.25) is 5.91 Å². The van der Waals surface area contributed by atoms with Crippen molar-refractivity contribution >= 4 is 23.1 Å². The van der Waals surface area contributed by atoms with Gasteiger partial charge in [-0.1, -0.05) is 19.3 Å². The monoisotopic (exact) mass is 492 g/mol. The van der Waals surface area contributed by atoms with Gasteiger partial charge in [-0.3, -0.25) is 4.79 Å². The highest BCUT2D eigenvalue weighted by Gasteiger charge is 2.37. The number of aromatic nitrogens is 4. The molecule has 1 aliphatic rings. The summed E-state index contributed by atoms with van der Waals surface area (Å²) in [5.41, 5.74) is 2.38. The second-order valence-corrected chi connectivity index (χ2v) is 9.02. The van der Waals surface area contributed by atoms with Crippen molar-refractivity contribution in [1.82, 2.24) is 19.6 Å². The van der Waals surface area contributed by atoms with Crippen molar-refractivity contribution in [3.05, 3.63) is 46.8 Å². The molecular formula is C24H28F4N6O. The molecule has 1 saturated carbocycles. The van der Waals surface area contributed by atoms with Gasteiger partial charge in [0.1, 0.15) is 5.82 Å². The van der Waals surface area contributed by atoms with Crippen LogP contribution in [0.2, 0.25) is 0 Å². The topological polar surface area (TPSA) is 75.4 Å². The zero-order valence-electron chi connectivity index (χ0n) is 19.9. The molecule has 1 fully saturated rings. The van der Waals surface area contributed by atoms with Gasteiger partial charge in [0, 0.05) is 36.6 Å². The molecule has 2 heterocycles. The lowest BCUT2D eigenvalue weighted by Crippen LogP contribution is -2.33. The fourth-order valence-corrected chi connectivity index (χ4v) is 4.69. The molecule has 1 amide bonds. The van der Waals surface area contributed by atoms with Crippen molar-refractivity contribution in [1.29, 1.82) is 0 Å². The van der Waals surface area contributed by atoms with E-state index in [1.54, 1.807) is 26.0 Å². The Hall–Kier alpha value is -3.24. The average molecular weight is 493 g/mol. The molecule has 1 aromatic carbocycles. The second-order valence-electron chi connectivity index (χ2n) is 9.02. The van der Waals surface area contributed by atoms with Crippen LogP contribution in [0, 0.1) is 19.7 Å². The van der Waals surface area contributed by atoms with Gasteiger partial charge in [-0.25, -0.2) is 13.9 Å². The Morgan fingerprint density at radius 1 is 1.17 bits per heavy atom. The Morgan fingerprint density at radius 2 is 1.89 bits per heavy atom. The SMILES string of the molecule is Cc1nc2nc(C(F)(F)F)nn2c(C)c1CCC(=O)Nc1ccc(N(C)C2CCCCC2)c(F)c1. The van der Waals surface area contributed by atoms with Gasteiger partial charge in [-0.15, -0.1) is 5.10 Å². The Bertz CT molecular complexity index is 1230. The molecule has 0 saturated heterocycles. The number of carbonyl (C=O) groups excluding carboxylic acids is 1. The summed E-state index contributed by atoms with van der Waals surface area (Å²) in [5.74, 6) is -2.15. The number of aryl methyl sites for hydroxylation is 2. The van der Waals surface area contributed by atoms with Gasteiger partial charge in [-0.05, 0) is 56.9 Å². The lowest BCUT2D eigenvalue weighted by Gasteiger charge is -2.33. The van der Waals surface area contributed by atoms with E-state index >= 15 is 0 Å². The van der Waals surface area contributed by atoms with Crippen molar-refractivity contribution in [3.8, 4) is 0 Å². The van der Waals surface area contributed by atoms with E-state index in [1.165, 1.54) is 12.5 Å². The van der Waals surface area contributed by atoms with Crippen LogP contribution in [-0.2, 0) is 17.4 Å². The van der Waals surface area contributed by atoms with E-state index in [2.05, 4.69) is 20.4 Å². The molecule has 1 N–H and O–H groups in total. The van der Waals surface area contributed by atoms with E-state index in [1.807, 2.05) is 11.9 Å². The third-order valence-electron chi connectivity index (χ3n) is 6.64. The Kier molecular flexibility index (Phi) is 6.95. The number of nitrogens with one attached hydrogen (secondary N) is 1. The average Bonchev–Trinajstić information content (AvgIpc) is 3.24. The summed E-state index contributed by atoms with van der Waals surface area (Å²) >= 11 is 0. The Labute approximate surface area is 200 Å². The standard InChI is InChI=1S/C24H28F4N6O/c1-14-18(15(2)34-23(29-14)31-22(32-34)24(26,27)28)10-12-21(35)30-16-9-11-20(19(25)13-16)33(3)17-7-5-4-6-8-17/h9,11,13,17H,4-8,10,12H2,1-3H3,(H,30,35). The summed E-state index contributed by atoms with van der Waals surface area (Å²) < 4.78 is 54.7. The summed E-state index contributed by atoms with van der Waals surface area (Å²) in [5, 5.41) is 6.22. The van der Waals surface area contributed by atoms with E-state index in [0.717, 1.165) is 30.2 Å². The summed E-state index contributed by atoms with van der Waals surface area (Å²) in [4.78, 5) is 22.1. The molecule has 0 spiro atoms. The van der Waals surface area contributed by atoms with E-state index in [9.17, 15) is 22.4 Å². The van der Waals surface area contributed by atoms with Gasteiger partial charge in [0.05, 0.1) is 5.69 Å². The number of anilines is 2. The van der Waals surface area contributed by atoms with Gasteiger partial charge in [0.15, 0.2) is 0 Å². The summed E-state index contributed by atoms with van der Waals surface area (Å²) in [6.07, 6.45) is 1.19. The molecule has 35 heavy (non-hydrogen) atoms. The van der Waals surface area contributed by atoms with Crippen LogP contribution in [0.4, 0.5) is 28.9 Å². The predicted molar refractivity (Wildman–Crippen MR) is 124 cm³/mol. The normalized spacial score (nSPS) is 14.9. The number of fused-ring (bicyclic) bond motifs is 1. The third kappa shape index (κ3) is 5.38. The number of alkyl halides is 3. The van der Waals surface area contributed by atoms with Crippen LogP contribution in [0.15, 0.2) is 18.2 Å². The fraction of sp³-hybridized carbons (Fsp3) is 0.500. The molecule has 4 rings (SSSR count). The molecule has 0 atom stereocenters. The first kappa shape index (κ1) is 24.9. The molecule has 3 aromatic rings. The molecule has 0 radical (unpaired) electrons. The van der Waals surface area contributed by atoms with E-state index in [0.29, 0.717) is 34.4 Å². The van der Waals surface area contributed by atoms with Crippen LogP contribution >= 0.6 is 0 Å². The minimum atomic E-state index is -4.68. The van der Waals surface area contributed by atoms with Gasteiger partial charge in [0.25, 0.3) is 11.6 Å². The van der Waals surface area contributed by atoms with Crippen LogP contribution in [0.5, 0.6) is 0 Å². The van der Waals surface area contributed by atoms with Crippen LogP contribution in [-0.4, -0.2) is 38.6 Å². The molecule has 188 valence electrons. The molecule has 7 nitrogen and oxygen atoms in total. The van der Waals surface area contributed by atoms with Crippen molar-refractivity contribution in [2.45, 2.75) is 71.0 Å². The first-order valence-corrected chi connectivity index (χ1v) is 11.7. The van der Waals surface area contributed by atoms with E-state index < -0.39 is 17.8 Å². The van der Waals surface area contributed by atoms with Crippen LogP contribution in [0.1, 0.15) is 61.3 Å². The molecule has 0 bridgehead atoms. The molecule has 1 aliphatic carbocycles.